The van der Waals surface area contributed by atoms with E-state index in [0.29, 0.717) is 0 Å². The van der Waals surface area contributed by atoms with E-state index in [1.165, 1.54) is 0 Å². The normalized spacial score (nSPS) is 11.9. The number of carbonyl (C=O) groups is 3. The first kappa shape index (κ1) is 13.6. The molecule has 0 aliphatic heterocycles. The number of hydrogen-bond donors (Lipinski definition) is 2. The van der Waals surface area contributed by atoms with Crippen molar-refractivity contribution in [3.05, 3.63) is 0 Å². The number of rotatable bonds is 7. The van der Waals surface area contributed by atoms with Crippen molar-refractivity contribution in [2.45, 2.75) is 33.1 Å². The predicted molar refractivity (Wildman–Crippen MR) is 54.3 cm³/mol. The molecule has 0 bridgehead atoms. The number of carboxylic acids is 1. The second-order valence-electron chi connectivity index (χ2n) is 3.46. The van der Waals surface area contributed by atoms with Crippen molar-refractivity contribution in [2.75, 3.05) is 6.54 Å². The minimum atomic E-state index is -1.00. The monoisotopic (exact) mass is 215 g/mol. The Balaban J connectivity index is 3.71. The Morgan fingerprint density at radius 3 is 2.33 bits per heavy atom. The van der Waals surface area contributed by atoms with Crippen molar-refractivity contribution < 1.29 is 19.5 Å². The molecule has 0 aromatic rings. The number of Topliss-reactive ketones (excluding diaryl/α,β-unsaturated/α-hetero) is 1. The van der Waals surface area contributed by atoms with E-state index >= 15 is 0 Å². The highest BCUT2D eigenvalue weighted by molar-refractivity contribution is 5.88. The molecule has 86 valence electrons. The molecule has 15 heavy (non-hydrogen) atoms. The molecule has 0 aliphatic rings. The number of aliphatic carboxylic acids is 1. The highest BCUT2D eigenvalue weighted by Crippen LogP contribution is 1.99. The Labute approximate surface area is 88.9 Å². The molecule has 0 fully saturated rings. The van der Waals surface area contributed by atoms with Gasteiger partial charge in [0, 0.05) is 12.3 Å². The molecular formula is C10H17NO4. The number of carbonyl (C=O) groups excluding carboxylic acids is 2. The molecule has 1 amide bonds. The van der Waals surface area contributed by atoms with Crippen LogP contribution >= 0.6 is 0 Å². The molecule has 0 saturated heterocycles. The van der Waals surface area contributed by atoms with Gasteiger partial charge in [0.25, 0.3) is 0 Å². The van der Waals surface area contributed by atoms with Gasteiger partial charge in [0.15, 0.2) is 5.78 Å². The zero-order chi connectivity index (χ0) is 11.8. The van der Waals surface area contributed by atoms with Crippen molar-refractivity contribution in [3.8, 4) is 0 Å². The van der Waals surface area contributed by atoms with E-state index in [1.54, 1.807) is 6.92 Å². The first-order valence-corrected chi connectivity index (χ1v) is 4.98. The lowest BCUT2D eigenvalue weighted by Gasteiger charge is -2.08. The second kappa shape index (κ2) is 6.98. The largest absolute Gasteiger partial charge is 0.481 e. The van der Waals surface area contributed by atoms with Gasteiger partial charge in [0.05, 0.1) is 13.0 Å². The average Bonchev–Trinajstić information content (AvgIpc) is 2.21. The van der Waals surface area contributed by atoms with Gasteiger partial charge in [-0.1, -0.05) is 13.8 Å². The summed E-state index contributed by atoms with van der Waals surface area (Å²) in [5.74, 6) is -1.54. The van der Waals surface area contributed by atoms with Gasteiger partial charge in [0.2, 0.25) is 5.91 Å². The molecule has 5 nitrogen and oxygen atoms in total. The lowest BCUT2D eigenvalue weighted by atomic mass is 10.1. The lowest BCUT2D eigenvalue weighted by molar-refractivity contribution is -0.138. The molecule has 5 heteroatoms. The molecule has 0 aromatic heterocycles. The number of ketones is 1. The van der Waals surface area contributed by atoms with Crippen LogP contribution in [0.4, 0.5) is 0 Å². The van der Waals surface area contributed by atoms with Gasteiger partial charge < -0.3 is 10.4 Å². The molecule has 0 heterocycles. The third-order valence-corrected chi connectivity index (χ3v) is 2.14. The summed E-state index contributed by atoms with van der Waals surface area (Å²) in [6.45, 7) is 3.59. The summed E-state index contributed by atoms with van der Waals surface area (Å²) >= 11 is 0. The number of amides is 1. The zero-order valence-electron chi connectivity index (χ0n) is 9.08. The van der Waals surface area contributed by atoms with Crippen molar-refractivity contribution in [3.63, 3.8) is 0 Å². The maximum Gasteiger partial charge on any atom is 0.303 e. The van der Waals surface area contributed by atoms with Gasteiger partial charge in [-0.05, 0) is 6.42 Å². The standard InChI is InChI=1S/C10H17NO4/c1-3-7(2)10(15)11-6-8(12)4-5-9(13)14/h7H,3-6H2,1-2H3,(H,11,15)(H,13,14). The Morgan fingerprint density at radius 1 is 1.27 bits per heavy atom. The van der Waals surface area contributed by atoms with Crippen LogP contribution in [0.2, 0.25) is 0 Å². The number of nitrogens with one attached hydrogen (secondary N) is 1. The van der Waals surface area contributed by atoms with Gasteiger partial charge in [-0.15, -0.1) is 0 Å². The van der Waals surface area contributed by atoms with Gasteiger partial charge in [0.1, 0.15) is 0 Å². The highest BCUT2D eigenvalue weighted by Gasteiger charge is 2.12. The molecule has 1 unspecified atom stereocenters. The van der Waals surface area contributed by atoms with Crippen molar-refractivity contribution in [1.29, 1.82) is 0 Å². The van der Waals surface area contributed by atoms with Crippen LogP contribution in [0.25, 0.3) is 0 Å². The van der Waals surface area contributed by atoms with Crippen LogP contribution in [0, 0.1) is 5.92 Å². The summed E-state index contributed by atoms with van der Waals surface area (Å²) < 4.78 is 0. The van der Waals surface area contributed by atoms with Gasteiger partial charge in [-0.25, -0.2) is 0 Å². The van der Waals surface area contributed by atoms with Gasteiger partial charge in [-0.2, -0.15) is 0 Å². The van der Waals surface area contributed by atoms with Crippen LogP contribution in [-0.4, -0.2) is 29.3 Å². The highest BCUT2D eigenvalue weighted by atomic mass is 16.4. The van der Waals surface area contributed by atoms with Crippen LogP contribution in [0.1, 0.15) is 33.1 Å². The summed E-state index contributed by atoms with van der Waals surface area (Å²) in [7, 11) is 0. The molecule has 0 spiro atoms. The smallest absolute Gasteiger partial charge is 0.303 e. The van der Waals surface area contributed by atoms with Crippen LogP contribution in [-0.2, 0) is 14.4 Å². The van der Waals surface area contributed by atoms with Gasteiger partial charge >= 0.3 is 5.97 Å². The summed E-state index contributed by atoms with van der Waals surface area (Å²) in [5, 5.41) is 10.8. The fourth-order valence-electron chi connectivity index (χ4n) is 0.880. The molecule has 1 atom stereocenters. The average molecular weight is 215 g/mol. The van der Waals surface area contributed by atoms with E-state index in [2.05, 4.69) is 5.32 Å². The zero-order valence-corrected chi connectivity index (χ0v) is 9.08. The van der Waals surface area contributed by atoms with Gasteiger partial charge in [-0.3, -0.25) is 14.4 Å². The maximum atomic E-state index is 11.2. The van der Waals surface area contributed by atoms with E-state index < -0.39 is 5.97 Å². The minimum Gasteiger partial charge on any atom is -0.481 e. The lowest BCUT2D eigenvalue weighted by Crippen LogP contribution is -2.33. The predicted octanol–water partition coefficient (Wildman–Crippen LogP) is 0.583. The molecule has 0 radical (unpaired) electrons. The van der Waals surface area contributed by atoms with Crippen LogP contribution in [0.15, 0.2) is 0 Å². The van der Waals surface area contributed by atoms with E-state index in [-0.39, 0.29) is 37.0 Å². The fourth-order valence-corrected chi connectivity index (χ4v) is 0.880. The van der Waals surface area contributed by atoms with Crippen LogP contribution in [0.5, 0.6) is 0 Å². The Bertz CT molecular complexity index is 250. The van der Waals surface area contributed by atoms with E-state index in [9.17, 15) is 14.4 Å². The van der Waals surface area contributed by atoms with E-state index in [0.717, 1.165) is 6.42 Å². The first-order valence-electron chi connectivity index (χ1n) is 4.98. The van der Waals surface area contributed by atoms with Crippen molar-refractivity contribution >= 4 is 17.7 Å². The third-order valence-electron chi connectivity index (χ3n) is 2.14. The van der Waals surface area contributed by atoms with E-state index in [4.69, 9.17) is 5.11 Å². The topological polar surface area (TPSA) is 83.5 Å². The van der Waals surface area contributed by atoms with Crippen molar-refractivity contribution in [2.24, 2.45) is 5.92 Å². The quantitative estimate of drug-likeness (QED) is 0.650. The fraction of sp³-hybridized carbons (Fsp3) is 0.700. The SMILES string of the molecule is CCC(C)C(=O)NCC(=O)CCC(=O)O. The van der Waals surface area contributed by atoms with Crippen LogP contribution < -0.4 is 5.32 Å². The van der Waals surface area contributed by atoms with E-state index in [1.807, 2.05) is 6.92 Å². The van der Waals surface area contributed by atoms with Crippen molar-refractivity contribution in [1.82, 2.24) is 5.32 Å². The summed E-state index contributed by atoms with van der Waals surface area (Å²) in [5.41, 5.74) is 0. The molecule has 2 N–H and O–H groups in total. The molecule has 0 aromatic carbocycles. The molecule has 0 rings (SSSR count). The van der Waals surface area contributed by atoms with Crippen LogP contribution in [0.3, 0.4) is 0 Å². The molecule has 0 aliphatic carbocycles. The Morgan fingerprint density at radius 2 is 1.87 bits per heavy atom. The molecule has 0 saturated carbocycles. The minimum absolute atomic E-state index is 0.0316. The molecular weight excluding hydrogens is 198 g/mol. The Kier molecular flexibility index (Phi) is 6.33. The second-order valence-corrected chi connectivity index (χ2v) is 3.46. The summed E-state index contributed by atoms with van der Waals surface area (Å²) in [4.78, 5) is 32.5. The summed E-state index contributed by atoms with van der Waals surface area (Å²) in [6.07, 6.45) is 0.503. The number of hydrogen-bond acceptors (Lipinski definition) is 3. The summed E-state index contributed by atoms with van der Waals surface area (Å²) in [6, 6.07) is 0. The Hall–Kier alpha value is -1.39. The third kappa shape index (κ3) is 6.65. The maximum absolute atomic E-state index is 11.2. The first-order chi connectivity index (χ1) is 6.97. The number of carboxylic acid groups (broad SMARTS) is 1.